The highest BCUT2D eigenvalue weighted by Gasteiger charge is 2.35. The summed E-state index contributed by atoms with van der Waals surface area (Å²) in [7, 11) is 0. The molecule has 3 rings (SSSR count). The molecule has 0 unspecified atom stereocenters. The molecule has 36 heavy (non-hydrogen) atoms. The predicted octanol–water partition coefficient (Wildman–Crippen LogP) is 6.26. The number of hydrogen-bond acceptors (Lipinski definition) is 6. The molecule has 9 heteroatoms. The molecule has 2 aromatic rings. The molecule has 1 heterocycles. The molecule has 192 valence electrons. The van der Waals surface area contributed by atoms with Gasteiger partial charge in [-0.15, -0.1) is 0 Å². The van der Waals surface area contributed by atoms with Crippen molar-refractivity contribution in [1.82, 2.24) is 4.90 Å². The van der Waals surface area contributed by atoms with Crippen molar-refractivity contribution >= 4 is 56.4 Å². The molecule has 0 aromatic heterocycles. The molecular weight excluding hydrogens is 542 g/mol. The summed E-state index contributed by atoms with van der Waals surface area (Å²) in [4.78, 5) is 32.5. The molecule has 2 amide bonds. The lowest BCUT2D eigenvalue weighted by atomic mass is 10.1. The number of nitrogens with one attached hydrogen (secondary N) is 1. The van der Waals surface area contributed by atoms with Crippen LogP contribution in [0.1, 0.15) is 45.7 Å². The van der Waals surface area contributed by atoms with Crippen LogP contribution in [0.5, 0.6) is 11.5 Å². The van der Waals surface area contributed by atoms with E-state index in [-0.39, 0.29) is 30.5 Å². The van der Waals surface area contributed by atoms with Crippen LogP contribution in [0.4, 0.5) is 5.69 Å². The first-order valence-corrected chi connectivity index (χ1v) is 13.5. The van der Waals surface area contributed by atoms with E-state index >= 15 is 0 Å². The second-order valence-corrected chi connectivity index (χ2v) is 10.7. The highest BCUT2D eigenvalue weighted by molar-refractivity contribution is 9.10. The molecule has 0 atom stereocenters. The minimum Gasteiger partial charge on any atom is -0.490 e. The first-order valence-electron chi connectivity index (χ1n) is 11.9. The summed E-state index contributed by atoms with van der Waals surface area (Å²) in [5, 5.41) is 3.53. The Morgan fingerprint density at radius 2 is 1.86 bits per heavy atom. The van der Waals surface area contributed by atoms with E-state index in [9.17, 15) is 9.59 Å². The summed E-state index contributed by atoms with van der Waals surface area (Å²) < 4.78 is 12.3. The first-order chi connectivity index (χ1) is 17.1. The second-order valence-electron chi connectivity index (χ2n) is 8.85. The average molecular weight is 575 g/mol. The number of aliphatic imine (C=N–C) groups is 1. The number of ether oxygens (including phenoxy) is 2. The lowest BCUT2D eigenvalue weighted by molar-refractivity contribution is -0.123. The summed E-state index contributed by atoms with van der Waals surface area (Å²) >= 11 is 4.92. The van der Waals surface area contributed by atoms with E-state index in [1.54, 1.807) is 11.0 Å². The van der Waals surface area contributed by atoms with Crippen LogP contribution in [0.2, 0.25) is 0 Å². The lowest BCUT2D eigenvalue weighted by Gasteiger charge is -2.20. The molecule has 2 aromatic carbocycles. The molecular formula is C27H32BrN3O4S. The van der Waals surface area contributed by atoms with E-state index in [1.165, 1.54) is 11.8 Å². The molecule has 1 aliphatic rings. The Morgan fingerprint density at radius 1 is 1.17 bits per heavy atom. The van der Waals surface area contributed by atoms with E-state index in [2.05, 4.69) is 26.2 Å². The molecule has 1 saturated heterocycles. The van der Waals surface area contributed by atoms with Crippen LogP contribution >= 0.6 is 27.7 Å². The average Bonchev–Trinajstić information content (AvgIpc) is 3.09. The van der Waals surface area contributed by atoms with E-state index in [0.29, 0.717) is 38.3 Å². The smallest absolute Gasteiger partial charge is 0.266 e. The maximum absolute atomic E-state index is 13.1. The third kappa shape index (κ3) is 7.13. The number of benzene rings is 2. The van der Waals surface area contributed by atoms with Gasteiger partial charge in [-0.25, -0.2) is 0 Å². The number of halogens is 1. The number of aryl methyl sites for hydroxylation is 1. The maximum atomic E-state index is 13.1. The van der Waals surface area contributed by atoms with Gasteiger partial charge in [0.15, 0.2) is 23.3 Å². The zero-order chi connectivity index (χ0) is 26.4. The quantitative estimate of drug-likeness (QED) is 0.358. The number of rotatable bonds is 9. The van der Waals surface area contributed by atoms with Crippen LogP contribution in [-0.4, -0.2) is 47.2 Å². The summed E-state index contributed by atoms with van der Waals surface area (Å²) in [6.45, 7) is 12.0. The Kier molecular flexibility index (Phi) is 9.62. The second kappa shape index (κ2) is 12.5. The van der Waals surface area contributed by atoms with Crippen molar-refractivity contribution < 1.29 is 19.1 Å². The Balaban J connectivity index is 1.81. The Labute approximate surface area is 225 Å². The van der Waals surface area contributed by atoms with Crippen LogP contribution in [0.15, 0.2) is 50.8 Å². The minimum absolute atomic E-state index is 0.000883. The van der Waals surface area contributed by atoms with Gasteiger partial charge < -0.3 is 14.8 Å². The molecule has 1 fully saturated rings. The van der Waals surface area contributed by atoms with E-state index in [0.717, 1.165) is 11.1 Å². The summed E-state index contributed by atoms with van der Waals surface area (Å²) in [6.07, 6.45) is 1.83. The van der Waals surface area contributed by atoms with Crippen molar-refractivity contribution in [3.05, 3.63) is 56.9 Å². The zero-order valence-electron chi connectivity index (χ0n) is 21.4. The highest BCUT2D eigenvalue weighted by Crippen LogP contribution is 2.40. The topological polar surface area (TPSA) is 80.2 Å². The standard InChI is InChI=1S/C27H32BrN3O4S/c1-7-34-22-13-19(14-23-26(33)31(17(4)5)27(36-23)29-16(2)3)12-21(28)25(22)35-15-24(32)30-20-10-8-18(6)9-11-20/h8-14,16-17H,7,15H2,1-6H3,(H,30,32)/b23-14+,29-27?. The largest absolute Gasteiger partial charge is 0.490 e. The third-order valence-electron chi connectivity index (χ3n) is 5.03. The summed E-state index contributed by atoms with van der Waals surface area (Å²) in [5.74, 6) is 0.554. The van der Waals surface area contributed by atoms with Gasteiger partial charge in [0.05, 0.1) is 16.0 Å². The SMILES string of the molecule is CCOc1cc(/C=C2/SC(=NC(C)C)N(C(C)C)C2=O)cc(Br)c1OCC(=O)Nc1ccc(C)cc1. The fourth-order valence-electron chi connectivity index (χ4n) is 3.45. The molecule has 0 bridgehead atoms. The molecule has 0 aliphatic carbocycles. The van der Waals surface area contributed by atoms with Crippen molar-refractivity contribution in [3.8, 4) is 11.5 Å². The third-order valence-corrected chi connectivity index (χ3v) is 6.62. The minimum atomic E-state index is -0.280. The number of carbonyl (C=O) groups is 2. The van der Waals surface area contributed by atoms with Crippen LogP contribution in [0.25, 0.3) is 6.08 Å². The van der Waals surface area contributed by atoms with Crippen LogP contribution < -0.4 is 14.8 Å². The monoisotopic (exact) mass is 573 g/mol. The molecule has 0 saturated carbocycles. The number of nitrogens with zero attached hydrogens (tertiary/aromatic N) is 2. The Bertz CT molecular complexity index is 1180. The molecule has 7 nitrogen and oxygen atoms in total. The summed E-state index contributed by atoms with van der Waals surface area (Å²) in [5.41, 5.74) is 2.59. The number of carbonyl (C=O) groups excluding carboxylic acids is 2. The number of thioether (sulfide) groups is 1. The van der Waals surface area contributed by atoms with E-state index in [1.807, 2.05) is 78.0 Å². The van der Waals surface area contributed by atoms with Gasteiger partial charge >= 0.3 is 0 Å². The first kappa shape index (κ1) is 27.8. The van der Waals surface area contributed by atoms with Crippen molar-refractivity contribution in [2.24, 2.45) is 4.99 Å². The number of hydrogen-bond donors (Lipinski definition) is 1. The number of amidine groups is 1. The highest BCUT2D eigenvalue weighted by atomic mass is 79.9. The molecule has 1 N–H and O–H groups in total. The van der Waals surface area contributed by atoms with Crippen molar-refractivity contribution in [3.63, 3.8) is 0 Å². The Hall–Kier alpha value is -2.78. The van der Waals surface area contributed by atoms with Crippen LogP contribution in [0, 0.1) is 6.92 Å². The zero-order valence-corrected chi connectivity index (χ0v) is 23.8. The van der Waals surface area contributed by atoms with Gasteiger partial charge in [0, 0.05) is 17.8 Å². The summed E-state index contributed by atoms with van der Waals surface area (Å²) in [6, 6.07) is 11.3. The van der Waals surface area contributed by atoms with Gasteiger partial charge in [-0.3, -0.25) is 19.5 Å². The molecule has 0 radical (unpaired) electrons. The molecule has 1 aliphatic heterocycles. The van der Waals surface area contributed by atoms with E-state index < -0.39 is 0 Å². The van der Waals surface area contributed by atoms with Crippen molar-refractivity contribution in [2.75, 3.05) is 18.5 Å². The van der Waals surface area contributed by atoms with Crippen molar-refractivity contribution in [1.29, 1.82) is 0 Å². The van der Waals surface area contributed by atoms with Gasteiger partial charge in [-0.05, 0) is 105 Å². The van der Waals surface area contributed by atoms with Gasteiger partial charge in [-0.2, -0.15) is 0 Å². The number of anilines is 1. The van der Waals surface area contributed by atoms with Crippen molar-refractivity contribution in [2.45, 2.75) is 53.6 Å². The van der Waals surface area contributed by atoms with Crippen LogP contribution in [0.3, 0.4) is 0 Å². The van der Waals surface area contributed by atoms with E-state index in [4.69, 9.17) is 9.47 Å². The Morgan fingerprint density at radius 3 is 2.47 bits per heavy atom. The fraction of sp³-hybridized carbons (Fsp3) is 0.370. The fourth-order valence-corrected chi connectivity index (χ4v) is 5.26. The van der Waals surface area contributed by atoms with Crippen LogP contribution in [-0.2, 0) is 9.59 Å². The maximum Gasteiger partial charge on any atom is 0.266 e. The van der Waals surface area contributed by atoms with Gasteiger partial charge in [-0.1, -0.05) is 17.7 Å². The van der Waals surface area contributed by atoms with Gasteiger partial charge in [0.25, 0.3) is 11.8 Å². The number of amides is 2. The molecule has 0 spiro atoms. The predicted molar refractivity (Wildman–Crippen MR) is 151 cm³/mol. The van der Waals surface area contributed by atoms with Gasteiger partial charge in [0.1, 0.15) is 0 Å². The van der Waals surface area contributed by atoms with Gasteiger partial charge in [0.2, 0.25) is 0 Å². The lowest BCUT2D eigenvalue weighted by Crippen LogP contribution is -2.35. The normalized spacial score (nSPS) is 15.9.